The van der Waals surface area contributed by atoms with Crippen LogP contribution in [0.3, 0.4) is 0 Å². The van der Waals surface area contributed by atoms with Crippen molar-refractivity contribution in [3.63, 3.8) is 0 Å². The Labute approximate surface area is 98.7 Å². The molecule has 0 radical (unpaired) electrons. The van der Waals surface area contributed by atoms with Crippen LogP contribution < -0.4 is 0 Å². The Bertz CT molecular complexity index is 569. The van der Waals surface area contributed by atoms with E-state index >= 15 is 0 Å². The number of nitrogens with zero attached hydrogens (tertiary/aromatic N) is 1. The lowest BCUT2D eigenvalue weighted by molar-refractivity contribution is 1.04. The number of rotatable bonds is 2. The van der Waals surface area contributed by atoms with Gasteiger partial charge >= 0.3 is 0 Å². The molecule has 0 spiro atoms. The molecule has 0 saturated carbocycles. The second kappa shape index (κ2) is 4.78. The molecule has 0 aliphatic rings. The van der Waals surface area contributed by atoms with Crippen LogP contribution in [-0.2, 0) is 6.42 Å². The molecule has 17 heavy (non-hydrogen) atoms. The normalized spacial score (nSPS) is 10.1. The molecule has 0 fully saturated rings. The molecule has 3 aromatic rings. The lowest BCUT2D eigenvalue weighted by Crippen LogP contribution is -1.89. The number of imidazole rings is 1. The van der Waals surface area contributed by atoms with Gasteiger partial charge in [0.15, 0.2) is 0 Å². The quantitative estimate of drug-likeness (QED) is 0.716. The van der Waals surface area contributed by atoms with Crippen LogP contribution in [0.25, 0.3) is 11.0 Å². The van der Waals surface area contributed by atoms with Gasteiger partial charge < -0.3 is 4.98 Å². The van der Waals surface area contributed by atoms with Crippen molar-refractivity contribution in [1.29, 1.82) is 0 Å². The average molecular weight is 228 g/mol. The van der Waals surface area contributed by atoms with Crippen LogP contribution >= 0.6 is 0 Å². The van der Waals surface area contributed by atoms with Gasteiger partial charge in [0.05, 0.1) is 11.0 Å². The van der Waals surface area contributed by atoms with E-state index in [-0.39, 0.29) is 4.70 Å². The summed E-state index contributed by atoms with van der Waals surface area (Å²) in [5, 5.41) is 0. The van der Waals surface area contributed by atoms with E-state index in [1.165, 1.54) is 5.56 Å². The zero-order valence-electron chi connectivity index (χ0n) is 9.26. The molecule has 1 heterocycles. The van der Waals surface area contributed by atoms with Crippen LogP contribution in [0, 0.1) is 0 Å². The van der Waals surface area contributed by atoms with Gasteiger partial charge in [0.2, 0.25) is 0 Å². The standard InChI is InChI=1S/C14H12N2.FH/c1-2-6-11(7-3-1)10-14-15-12-8-4-5-9-13(12)16-14;/h1-9H,10H2,(H,15,16);1H. The summed E-state index contributed by atoms with van der Waals surface area (Å²) < 4.78 is 0. The van der Waals surface area contributed by atoms with E-state index in [2.05, 4.69) is 40.3 Å². The summed E-state index contributed by atoms with van der Waals surface area (Å²) in [6, 6.07) is 18.5. The molecule has 0 saturated heterocycles. The number of para-hydroxylation sites is 2. The van der Waals surface area contributed by atoms with Gasteiger partial charge in [-0.05, 0) is 17.7 Å². The third kappa shape index (κ3) is 2.33. The highest BCUT2D eigenvalue weighted by molar-refractivity contribution is 5.74. The average Bonchev–Trinajstić information content (AvgIpc) is 2.72. The molecule has 2 aromatic carbocycles. The summed E-state index contributed by atoms with van der Waals surface area (Å²) in [6.45, 7) is 0. The van der Waals surface area contributed by atoms with Crippen molar-refractivity contribution in [2.24, 2.45) is 0 Å². The zero-order valence-corrected chi connectivity index (χ0v) is 9.26. The van der Waals surface area contributed by atoms with Crippen molar-refractivity contribution in [3.8, 4) is 0 Å². The monoisotopic (exact) mass is 228 g/mol. The first-order valence-corrected chi connectivity index (χ1v) is 5.39. The summed E-state index contributed by atoms with van der Waals surface area (Å²) in [7, 11) is 0. The van der Waals surface area contributed by atoms with Crippen molar-refractivity contribution in [2.45, 2.75) is 6.42 Å². The maximum Gasteiger partial charge on any atom is 0.111 e. The molecule has 0 bridgehead atoms. The van der Waals surface area contributed by atoms with Crippen LogP contribution in [-0.4, -0.2) is 9.97 Å². The molecule has 86 valence electrons. The van der Waals surface area contributed by atoms with Crippen LogP contribution in [0.5, 0.6) is 0 Å². The number of H-pyrrole nitrogens is 1. The molecular weight excluding hydrogens is 215 g/mol. The van der Waals surface area contributed by atoms with Crippen molar-refractivity contribution < 1.29 is 4.70 Å². The third-order valence-electron chi connectivity index (χ3n) is 2.65. The van der Waals surface area contributed by atoms with E-state index in [1.807, 2.05) is 24.3 Å². The fourth-order valence-electron chi connectivity index (χ4n) is 1.88. The maximum absolute atomic E-state index is 4.55. The Morgan fingerprint density at radius 1 is 0.882 bits per heavy atom. The van der Waals surface area contributed by atoms with E-state index in [0.29, 0.717) is 0 Å². The topological polar surface area (TPSA) is 28.7 Å². The van der Waals surface area contributed by atoms with Crippen LogP contribution in [0.2, 0.25) is 0 Å². The van der Waals surface area contributed by atoms with Crippen LogP contribution in [0.4, 0.5) is 4.70 Å². The summed E-state index contributed by atoms with van der Waals surface area (Å²) in [4.78, 5) is 7.89. The summed E-state index contributed by atoms with van der Waals surface area (Å²) in [5.41, 5.74) is 3.42. The number of nitrogens with one attached hydrogen (secondary N) is 1. The van der Waals surface area contributed by atoms with Crippen molar-refractivity contribution in [2.75, 3.05) is 0 Å². The predicted octanol–water partition coefficient (Wildman–Crippen LogP) is 3.31. The van der Waals surface area contributed by atoms with E-state index in [4.69, 9.17) is 0 Å². The Balaban J connectivity index is 0.00000108. The Morgan fingerprint density at radius 2 is 1.59 bits per heavy atom. The highest BCUT2D eigenvalue weighted by atomic mass is 19.0. The number of fused-ring (bicyclic) bond motifs is 1. The third-order valence-corrected chi connectivity index (χ3v) is 2.65. The molecule has 0 amide bonds. The Kier molecular flexibility index (Phi) is 3.19. The van der Waals surface area contributed by atoms with Gasteiger partial charge in [-0.2, -0.15) is 0 Å². The lowest BCUT2D eigenvalue weighted by atomic mass is 10.1. The van der Waals surface area contributed by atoms with E-state index in [1.54, 1.807) is 0 Å². The number of hydrogen-bond donors (Lipinski definition) is 1. The second-order valence-corrected chi connectivity index (χ2v) is 3.86. The first-order valence-electron chi connectivity index (χ1n) is 5.39. The number of aromatic amines is 1. The van der Waals surface area contributed by atoms with Crippen LogP contribution in [0.15, 0.2) is 54.6 Å². The molecule has 2 nitrogen and oxygen atoms in total. The van der Waals surface area contributed by atoms with Gasteiger partial charge in [-0.25, -0.2) is 4.98 Å². The smallest absolute Gasteiger partial charge is 0.111 e. The molecule has 1 N–H and O–H groups in total. The number of benzene rings is 2. The van der Waals surface area contributed by atoms with Crippen molar-refractivity contribution in [1.82, 2.24) is 9.97 Å². The van der Waals surface area contributed by atoms with Gasteiger partial charge in [0.1, 0.15) is 5.82 Å². The minimum atomic E-state index is 0. The van der Waals surface area contributed by atoms with Gasteiger partial charge in [0.25, 0.3) is 0 Å². The highest BCUT2D eigenvalue weighted by Gasteiger charge is 2.02. The summed E-state index contributed by atoms with van der Waals surface area (Å²) >= 11 is 0. The Morgan fingerprint density at radius 3 is 2.35 bits per heavy atom. The second-order valence-electron chi connectivity index (χ2n) is 3.86. The largest absolute Gasteiger partial charge is 0.342 e. The Hall–Kier alpha value is -2.16. The number of hydrogen-bond acceptors (Lipinski definition) is 1. The molecule has 3 heteroatoms. The van der Waals surface area contributed by atoms with Crippen molar-refractivity contribution >= 4 is 11.0 Å². The molecule has 3 rings (SSSR count). The van der Waals surface area contributed by atoms with Crippen molar-refractivity contribution in [3.05, 3.63) is 66.0 Å². The summed E-state index contributed by atoms with van der Waals surface area (Å²) in [6.07, 6.45) is 0.857. The van der Waals surface area contributed by atoms with E-state index < -0.39 is 0 Å². The first-order chi connectivity index (χ1) is 7.92. The van der Waals surface area contributed by atoms with Gasteiger partial charge in [-0.1, -0.05) is 42.5 Å². The molecule has 0 unspecified atom stereocenters. The van der Waals surface area contributed by atoms with Crippen LogP contribution in [0.1, 0.15) is 11.4 Å². The van der Waals surface area contributed by atoms with Gasteiger partial charge in [0, 0.05) is 6.42 Å². The van der Waals surface area contributed by atoms with Gasteiger partial charge in [-0.3, -0.25) is 4.70 Å². The highest BCUT2D eigenvalue weighted by Crippen LogP contribution is 2.13. The fraction of sp³-hybridized carbons (Fsp3) is 0.0714. The molecular formula is C14H13FN2. The minimum Gasteiger partial charge on any atom is -0.342 e. The number of halogens is 1. The fourth-order valence-corrected chi connectivity index (χ4v) is 1.88. The number of aromatic nitrogens is 2. The zero-order chi connectivity index (χ0) is 10.8. The minimum absolute atomic E-state index is 0. The first kappa shape index (κ1) is 11.3. The molecule has 0 aliphatic carbocycles. The maximum atomic E-state index is 4.55. The SMILES string of the molecule is F.c1ccc(Cc2nc3ccccc3[nH]2)cc1. The van der Waals surface area contributed by atoms with E-state index in [9.17, 15) is 0 Å². The lowest BCUT2D eigenvalue weighted by Gasteiger charge is -1.96. The molecule has 1 aromatic heterocycles. The van der Waals surface area contributed by atoms with E-state index in [0.717, 1.165) is 23.3 Å². The summed E-state index contributed by atoms with van der Waals surface area (Å²) in [5.74, 6) is 1.02. The molecule has 0 atom stereocenters. The van der Waals surface area contributed by atoms with Gasteiger partial charge in [-0.15, -0.1) is 0 Å². The predicted molar refractivity (Wildman–Crippen MR) is 67.8 cm³/mol. The molecule has 0 aliphatic heterocycles.